The largest absolute Gasteiger partial charge is 0.330 e. The first-order valence-electron chi connectivity index (χ1n) is 8.77. The Hall–Kier alpha value is -1.32. The van der Waals surface area contributed by atoms with Crippen LogP contribution in [0.5, 0.6) is 0 Å². The monoisotopic (exact) mass is 301 g/mol. The summed E-state index contributed by atoms with van der Waals surface area (Å²) in [6, 6.07) is 0. The van der Waals surface area contributed by atoms with Gasteiger partial charge in [-0.2, -0.15) is 5.10 Å². The zero-order chi connectivity index (χ0) is 15.5. The average Bonchev–Trinajstić information content (AvgIpc) is 2.84. The molecule has 4 aliphatic rings. The molecule has 1 amide bonds. The predicted octanol–water partition coefficient (Wildman–Crippen LogP) is 2.95. The van der Waals surface area contributed by atoms with Gasteiger partial charge in [0.1, 0.15) is 0 Å². The van der Waals surface area contributed by atoms with E-state index in [1.807, 2.05) is 0 Å². The van der Waals surface area contributed by atoms with Crippen LogP contribution in [-0.2, 0) is 4.79 Å². The van der Waals surface area contributed by atoms with E-state index in [-0.39, 0.29) is 16.7 Å². The number of carbonyl (C=O) groups excluding carboxylic acids is 1. The molecule has 1 saturated heterocycles. The van der Waals surface area contributed by atoms with E-state index in [9.17, 15) is 4.79 Å². The van der Waals surface area contributed by atoms with Crippen molar-refractivity contribution < 1.29 is 4.79 Å². The minimum absolute atomic E-state index is 0.167. The highest BCUT2D eigenvalue weighted by molar-refractivity contribution is 5.92. The molecule has 0 unspecified atom stereocenters. The fourth-order valence-corrected chi connectivity index (χ4v) is 6.19. The molecule has 4 rings (SSSR count). The van der Waals surface area contributed by atoms with E-state index in [4.69, 9.17) is 5.84 Å². The third-order valence-corrected chi connectivity index (χ3v) is 7.51. The first-order valence-corrected chi connectivity index (χ1v) is 8.77. The van der Waals surface area contributed by atoms with Gasteiger partial charge in [0, 0.05) is 28.7 Å². The number of rotatable bonds is 0. The highest BCUT2D eigenvalue weighted by Crippen LogP contribution is 2.62. The Morgan fingerprint density at radius 3 is 2.73 bits per heavy atom. The average molecular weight is 301 g/mol. The van der Waals surface area contributed by atoms with Crippen molar-refractivity contribution in [1.29, 1.82) is 0 Å². The Bertz CT molecular complexity index is 581. The van der Waals surface area contributed by atoms with E-state index < -0.39 is 0 Å². The normalized spacial score (nSPS) is 49.0. The van der Waals surface area contributed by atoms with Gasteiger partial charge >= 0.3 is 0 Å². The second kappa shape index (κ2) is 4.59. The summed E-state index contributed by atoms with van der Waals surface area (Å²) in [4.78, 5) is 11.8. The molecule has 1 aliphatic heterocycles. The maximum atomic E-state index is 11.8. The van der Waals surface area contributed by atoms with Crippen LogP contribution < -0.4 is 11.2 Å². The number of piperidine rings is 1. The number of hydrazone groups is 1. The fourth-order valence-electron chi connectivity index (χ4n) is 6.19. The second-order valence-electron chi connectivity index (χ2n) is 8.27. The van der Waals surface area contributed by atoms with Crippen molar-refractivity contribution in [3.63, 3.8) is 0 Å². The first kappa shape index (κ1) is 14.3. The van der Waals surface area contributed by atoms with Gasteiger partial charge in [0.15, 0.2) is 0 Å². The van der Waals surface area contributed by atoms with Crippen LogP contribution in [0.1, 0.15) is 58.8 Å². The summed E-state index contributed by atoms with van der Waals surface area (Å²) in [6.45, 7) is 4.77. The third-order valence-electron chi connectivity index (χ3n) is 7.51. The Morgan fingerprint density at radius 1 is 1.18 bits per heavy atom. The van der Waals surface area contributed by atoms with Crippen molar-refractivity contribution in [2.45, 2.75) is 58.8 Å². The lowest BCUT2D eigenvalue weighted by molar-refractivity contribution is -0.124. The summed E-state index contributed by atoms with van der Waals surface area (Å²) in [5.41, 5.74) is 2.84. The van der Waals surface area contributed by atoms with Gasteiger partial charge in [0.05, 0.1) is 0 Å². The molecule has 0 aromatic carbocycles. The Labute approximate surface area is 132 Å². The highest BCUT2D eigenvalue weighted by Gasteiger charge is 2.58. The van der Waals surface area contributed by atoms with E-state index in [0.29, 0.717) is 18.3 Å². The number of hydrogen-bond donors (Lipinski definition) is 2. The van der Waals surface area contributed by atoms with E-state index >= 15 is 0 Å². The van der Waals surface area contributed by atoms with E-state index in [1.165, 1.54) is 30.7 Å². The van der Waals surface area contributed by atoms with Crippen molar-refractivity contribution in [3.8, 4) is 0 Å². The summed E-state index contributed by atoms with van der Waals surface area (Å²) in [6.07, 6.45) is 9.85. The number of nitrogens with one attached hydrogen (secondary N) is 1. The molecule has 5 atom stereocenters. The van der Waals surface area contributed by atoms with Gasteiger partial charge in [-0.15, -0.1) is 0 Å². The van der Waals surface area contributed by atoms with E-state index in [2.05, 4.69) is 30.3 Å². The van der Waals surface area contributed by atoms with Crippen LogP contribution in [0.25, 0.3) is 0 Å². The number of allylic oxidation sites excluding steroid dienone is 2. The van der Waals surface area contributed by atoms with Crippen LogP contribution >= 0.6 is 0 Å². The zero-order valence-electron chi connectivity index (χ0n) is 13.7. The van der Waals surface area contributed by atoms with Crippen molar-refractivity contribution in [2.75, 3.05) is 0 Å². The number of nitrogens with two attached hydrogens (primary N) is 1. The van der Waals surface area contributed by atoms with Crippen molar-refractivity contribution in [2.24, 2.45) is 39.5 Å². The molecule has 0 radical (unpaired) electrons. The summed E-state index contributed by atoms with van der Waals surface area (Å²) >= 11 is 0. The lowest BCUT2D eigenvalue weighted by Crippen LogP contribution is -2.53. The molecule has 0 aromatic heterocycles. The van der Waals surface area contributed by atoms with Gasteiger partial charge in [-0.3, -0.25) is 4.79 Å². The summed E-state index contributed by atoms with van der Waals surface area (Å²) in [5, 5.41) is 7.29. The SMILES string of the molecule is C[C@]12CCC(=O)NC1=CC[C@@H]1[C@@H]2CC[C@]2(C)C(=NN)CC[C@@H]12. The molecule has 3 fully saturated rings. The molecular formula is C18H27N3O. The van der Waals surface area contributed by atoms with E-state index in [1.54, 1.807) is 0 Å². The second-order valence-corrected chi connectivity index (χ2v) is 8.27. The standard InChI is InChI=1S/C18H27N3O/c1-17-10-8-16(22)20-14(17)5-3-11-12-4-6-15(21-19)18(12,2)9-7-13(11)17/h5,11-13H,3-4,6-10,19H2,1-2H3,(H,20,22)/t11-,12-,13-,17+,18-/m0/s1. The highest BCUT2D eigenvalue weighted by atomic mass is 16.1. The molecule has 1 heterocycles. The molecule has 4 heteroatoms. The third kappa shape index (κ3) is 1.70. The fraction of sp³-hybridized carbons (Fsp3) is 0.778. The molecule has 4 nitrogen and oxygen atoms in total. The molecule has 3 aliphatic carbocycles. The molecular weight excluding hydrogens is 274 g/mol. The van der Waals surface area contributed by atoms with Gasteiger partial charge in [-0.25, -0.2) is 0 Å². The molecule has 120 valence electrons. The number of nitrogens with zero attached hydrogens (tertiary/aromatic N) is 1. The summed E-state index contributed by atoms with van der Waals surface area (Å²) < 4.78 is 0. The van der Waals surface area contributed by atoms with Gasteiger partial charge < -0.3 is 11.2 Å². The topological polar surface area (TPSA) is 67.5 Å². The van der Waals surface area contributed by atoms with Gasteiger partial charge in [0.2, 0.25) is 5.91 Å². The molecule has 22 heavy (non-hydrogen) atoms. The zero-order valence-corrected chi connectivity index (χ0v) is 13.7. The smallest absolute Gasteiger partial charge is 0.224 e. The number of amides is 1. The quantitative estimate of drug-likeness (QED) is 0.533. The lowest BCUT2D eigenvalue weighted by atomic mass is 9.50. The van der Waals surface area contributed by atoms with Crippen LogP contribution in [0.4, 0.5) is 0 Å². The van der Waals surface area contributed by atoms with Gasteiger partial charge in [-0.1, -0.05) is 19.9 Å². The lowest BCUT2D eigenvalue weighted by Gasteiger charge is -2.56. The minimum atomic E-state index is 0.167. The van der Waals surface area contributed by atoms with Crippen molar-refractivity contribution in [3.05, 3.63) is 11.8 Å². The van der Waals surface area contributed by atoms with Gasteiger partial charge in [-0.05, 0) is 56.3 Å². The van der Waals surface area contributed by atoms with Crippen LogP contribution in [0.15, 0.2) is 16.9 Å². The van der Waals surface area contributed by atoms with Crippen LogP contribution in [0, 0.1) is 28.6 Å². The minimum Gasteiger partial charge on any atom is -0.330 e. The summed E-state index contributed by atoms with van der Waals surface area (Å²) in [7, 11) is 0. The predicted molar refractivity (Wildman–Crippen MR) is 86.9 cm³/mol. The van der Waals surface area contributed by atoms with Crippen molar-refractivity contribution >= 4 is 11.6 Å². The van der Waals surface area contributed by atoms with E-state index in [0.717, 1.165) is 25.2 Å². The maximum Gasteiger partial charge on any atom is 0.224 e. The molecule has 0 aromatic rings. The first-order chi connectivity index (χ1) is 10.5. The van der Waals surface area contributed by atoms with Gasteiger partial charge in [0.25, 0.3) is 0 Å². The Morgan fingerprint density at radius 2 is 1.95 bits per heavy atom. The number of fused-ring (bicyclic) bond motifs is 5. The Kier molecular flexibility index (Phi) is 2.98. The van der Waals surface area contributed by atoms with Crippen LogP contribution in [0.3, 0.4) is 0 Å². The maximum absolute atomic E-state index is 11.8. The van der Waals surface area contributed by atoms with Crippen LogP contribution in [-0.4, -0.2) is 11.6 Å². The molecule has 3 N–H and O–H groups in total. The molecule has 0 bridgehead atoms. The van der Waals surface area contributed by atoms with Crippen LogP contribution in [0.2, 0.25) is 0 Å². The number of carbonyl (C=O) groups is 1. The molecule has 2 saturated carbocycles. The molecule has 0 spiro atoms. The Balaban J connectivity index is 1.70. The number of hydrogen-bond acceptors (Lipinski definition) is 3. The summed E-state index contributed by atoms with van der Waals surface area (Å²) in [5.74, 6) is 8.00. The van der Waals surface area contributed by atoms with Crippen molar-refractivity contribution in [1.82, 2.24) is 5.32 Å².